The van der Waals surface area contributed by atoms with E-state index in [0.717, 1.165) is 28.3 Å². The van der Waals surface area contributed by atoms with Gasteiger partial charge < -0.3 is 14.8 Å². The first-order valence-corrected chi connectivity index (χ1v) is 6.54. The minimum absolute atomic E-state index is 0.0503. The summed E-state index contributed by atoms with van der Waals surface area (Å²) in [5.41, 5.74) is 5.17. The monoisotopic (exact) mass is 259 g/mol. The zero-order valence-electron chi connectivity index (χ0n) is 11.9. The molecule has 3 nitrogen and oxygen atoms in total. The van der Waals surface area contributed by atoms with Crippen LogP contribution in [0.25, 0.3) is 11.3 Å². The van der Waals surface area contributed by atoms with Crippen molar-refractivity contribution in [2.24, 2.45) is 0 Å². The molecule has 0 atom stereocenters. The summed E-state index contributed by atoms with van der Waals surface area (Å²) < 4.78 is 5.49. The second kappa shape index (κ2) is 5.49. The number of ether oxygens (including phenoxy) is 1. The van der Waals surface area contributed by atoms with E-state index in [-0.39, 0.29) is 6.61 Å². The molecule has 0 unspecified atom stereocenters. The first-order valence-electron chi connectivity index (χ1n) is 6.54. The quantitative estimate of drug-likeness (QED) is 0.881. The molecule has 3 heteroatoms. The van der Waals surface area contributed by atoms with Crippen molar-refractivity contribution in [2.45, 2.75) is 33.3 Å². The summed E-state index contributed by atoms with van der Waals surface area (Å²) in [5.74, 6) is 1.33. The van der Waals surface area contributed by atoms with Gasteiger partial charge in [0.15, 0.2) is 0 Å². The number of hydrogen-bond acceptors (Lipinski definition) is 2. The van der Waals surface area contributed by atoms with Gasteiger partial charge in [0.25, 0.3) is 0 Å². The molecular formula is C16H21NO2. The molecule has 1 heterocycles. The van der Waals surface area contributed by atoms with Gasteiger partial charge in [-0.1, -0.05) is 19.9 Å². The van der Waals surface area contributed by atoms with E-state index in [1.54, 1.807) is 7.11 Å². The fourth-order valence-electron chi connectivity index (χ4n) is 2.20. The third kappa shape index (κ3) is 2.66. The second-order valence-electron chi connectivity index (χ2n) is 5.11. The Kier molecular flexibility index (Phi) is 3.96. The van der Waals surface area contributed by atoms with Gasteiger partial charge in [-0.25, -0.2) is 0 Å². The molecule has 0 aliphatic carbocycles. The van der Waals surface area contributed by atoms with E-state index in [1.165, 1.54) is 5.56 Å². The normalized spacial score (nSPS) is 11.1. The molecule has 0 aliphatic rings. The molecular weight excluding hydrogens is 238 g/mol. The smallest absolute Gasteiger partial charge is 0.128 e. The number of aliphatic hydroxyl groups is 1. The van der Waals surface area contributed by atoms with Gasteiger partial charge in [-0.2, -0.15) is 0 Å². The van der Waals surface area contributed by atoms with Crippen LogP contribution >= 0.6 is 0 Å². The van der Waals surface area contributed by atoms with Gasteiger partial charge in [0, 0.05) is 17.0 Å². The molecule has 0 saturated heterocycles. The molecule has 1 aromatic carbocycles. The van der Waals surface area contributed by atoms with Gasteiger partial charge >= 0.3 is 0 Å². The van der Waals surface area contributed by atoms with Crippen LogP contribution < -0.4 is 4.74 Å². The Morgan fingerprint density at radius 1 is 1.26 bits per heavy atom. The summed E-state index contributed by atoms with van der Waals surface area (Å²) >= 11 is 0. The maximum Gasteiger partial charge on any atom is 0.128 e. The summed E-state index contributed by atoms with van der Waals surface area (Å²) in [6.07, 6.45) is 0. The number of aromatic nitrogens is 1. The number of rotatable bonds is 4. The van der Waals surface area contributed by atoms with Gasteiger partial charge in [0.2, 0.25) is 0 Å². The molecule has 2 rings (SSSR count). The van der Waals surface area contributed by atoms with E-state index in [9.17, 15) is 5.11 Å². The largest absolute Gasteiger partial charge is 0.496 e. The molecule has 2 aromatic rings. The van der Waals surface area contributed by atoms with Crippen LogP contribution in [-0.4, -0.2) is 17.2 Å². The van der Waals surface area contributed by atoms with Crippen molar-refractivity contribution < 1.29 is 9.84 Å². The summed E-state index contributed by atoms with van der Waals surface area (Å²) in [6.45, 7) is 6.34. The molecule has 2 N–H and O–H groups in total. The third-order valence-electron chi connectivity index (χ3n) is 3.48. The van der Waals surface area contributed by atoms with Crippen LogP contribution in [0.15, 0.2) is 24.3 Å². The molecule has 0 radical (unpaired) electrons. The Hall–Kier alpha value is -1.74. The van der Waals surface area contributed by atoms with Crippen molar-refractivity contribution in [3.63, 3.8) is 0 Å². The summed E-state index contributed by atoms with van der Waals surface area (Å²) in [6, 6.07) is 8.24. The molecule has 0 fully saturated rings. The van der Waals surface area contributed by atoms with Crippen molar-refractivity contribution in [1.29, 1.82) is 0 Å². The molecule has 0 bridgehead atoms. The Labute approximate surface area is 114 Å². The zero-order valence-corrected chi connectivity index (χ0v) is 11.9. The lowest BCUT2D eigenvalue weighted by atomic mass is 10.00. The fraction of sp³-hybridized carbons (Fsp3) is 0.375. The van der Waals surface area contributed by atoms with Crippen LogP contribution in [-0.2, 0) is 6.61 Å². The highest BCUT2D eigenvalue weighted by molar-refractivity contribution is 5.69. The molecule has 0 aliphatic heterocycles. The van der Waals surface area contributed by atoms with Gasteiger partial charge in [0.1, 0.15) is 5.75 Å². The highest BCUT2D eigenvalue weighted by Gasteiger charge is 2.12. The van der Waals surface area contributed by atoms with Gasteiger partial charge in [-0.05, 0) is 42.2 Å². The van der Waals surface area contributed by atoms with Crippen LogP contribution in [0.5, 0.6) is 5.75 Å². The number of nitrogens with one attached hydrogen (secondary N) is 1. The van der Waals surface area contributed by atoms with E-state index in [0.29, 0.717) is 5.92 Å². The Morgan fingerprint density at radius 3 is 2.53 bits per heavy atom. The first kappa shape index (κ1) is 13.7. The average Bonchev–Trinajstić information content (AvgIpc) is 2.78. The van der Waals surface area contributed by atoms with Crippen molar-refractivity contribution in [2.75, 3.05) is 7.11 Å². The van der Waals surface area contributed by atoms with E-state index < -0.39 is 0 Å². The van der Waals surface area contributed by atoms with E-state index in [4.69, 9.17) is 4.74 Å². The van der Waals surface area contributed by atoms with Crippen LogP contribution in [0.2, 0.25) is 0 Å². The zero-order chi connectivity index (χ0) is 14.0. The number of methoxy groups -OCH3 is 1. The van der Waals surface area contributed by atoms with E-state index >= 15 is 0 Å². The second-order valence-corrected chi connectivity index (χ2v) is 5.11. The Morgan fingerprint density at radius 2 is 2.00 bits per heavy atom. The maximum atomic E-state index is 9.27. The highest BCUT2D eigenvalue weighted by Crippen LogP contribution is 2.33. The van der Waals surface area contributed by atoms with Crippen LogP contribution in [0.4, 0.5) is 0 Å². The minimum atomic E-state index is 0.0503. The van der Waals surface area contributed by atoms with Gasteiger partial charge in [0.05, 0.1) is 13.7 Å². The topological polar surface area (TPSA) is 45.2 Å². The van der Waals surface area contributed by atoms with Crippen molar-refractivity contribution in [3.05, 3.63) is 41.1 Å². The summed E-state index contributed by atoms with van der Waals surface area (Å²) in [7, 11) is 1.69. The van der Waals surface area contributed by atoms with Gasteiger partial charge in [-0.15, -0.1) is 0 Å². The van der Waals surface area contributed by atoms with Crippen LogP contribution in [0, 0.1) is 6.92 Å². The van der Waals surface area contributed by atoms with Crippen molar-refractivity contribution in [1.82, 2.24) is 4.98 Å². The lowest BCUT2D eigenvalue weighted by Gasteiger charge is -2.11. The third-order valence-corrected chi connectivity index (χ3v) is 3.48. The van der Waals surface area contributed by atoms with Crippen molar-refractivity contribution >= 4 is 0 Å². The average molecular weight is 259 g/mol. The Balaban J connectivity index is 2.48. The number of aryl methyl sites for hydroxylation is 1. The van der Waals surface area contributed by atoms with Gasteiger partial charge in [-0.3, -0.25) is 0 Å². The first-order chi connectivity index (χ1) is 9.06. The molecule has 102 valence electrons. The number of hydrogen-bond donors (Lipinski definition) is 2. The van der Waals surface area contributed by atoms with Crippen LogP contribution in [0.3, 0.4) is 0 Å². The summed E-state index contributed by atoms with van der Waals surface area (Å²) in [4.78, 5) is 3.30. The molecule has 19 heavy (non-hydrogen) atoms. The predicted molar refractivity (Wildman–Crippen MR) is 77.5 cm³/mol. The van der Waals surface area contributed by atoms with E-state index in [2.05, 4.69) is 37.0 Å². The number of aliphatic hydroxyl groups excluding tert-OH is 1. The SMILES string of the molecule is COc1cc(C(C)C)ccc1-c1cc(CO)c(C)[nH]1. The van der Waals surface area contributed by atoms with Crippen LogP contribution in [0.1, 0.15) is 36.6 Å². The van der Waals surface area contributed by atoms with E-state index in [1.807, 2.05) is 13.0 Å². The maximum absolute atomic E-state index is 9.27. The molecule has 0 spiro atoms. The van der Waals surface area contributed by atoms with Crippen molar-refractivity contribution in [3.8, 4) is 17.0 Å². The number of H-pyrrole nitrogens is 1. The molecule has 0 saturated carbocycles. The fourth-order valence-corrected chi connectivity index (χ4v) is 2.20. The molecule has 1 aromatic heterocycles. The highest BCUT2D eigenvalue weighted by atomic mass is 16.5. The lowest BCUT2D eigenvalue weighted by molar-refractivity contribution is 0.281. The Bertz CT molecular complexity index is 570. The predicted octanol–water partition coefficient (Wildman–Crippen LogP) is 3.61. The standard InChI is InChI=1S/C16H21NO2/c1-10(2)12-5-6-14(16(8-12)19-4)15-7-13(9-18)11(3)17-15/h5-8,10,17-18H,9H2,1-4H3. The molecule has 0 amide bonds. The summed E-state index contributed by atoms with van der Waals surface area (Å²) in [5, 5.41) is 9.27. The lowest BCUT2D eigenvalue weighted by Crippen LogP contribution is -1.93. The minimum Gasteiger partial charge on any atom is -0.496 e. The number of aromatic amines is 1. The number of benzene rings is 1.